The van der Waals surface area contributed by atoms with Crippen molar-refractivity contribution in [1.82, 2.24) is 10.3 Å². The van der Waals surface area contributed by atoms with Gasteiger partial charge in [-0.15, -0.1) is 0 Å². The number of aromatic nitrogens is 1. The van der Waals surface area contributed by atoms with Crippen molar-refractivity contribution in [1.29, 1.82) is 0 Å². The van der Waals surface area contributed by atoms with Gasteiger partial charge in [-0.05, 0) is 73.4 Å². The van der Waals surface area contributed by atoms with Crippen molar-refractivity contribution in [2.45, 2.75) is 26.4 Å². The van der Waals surface area contributed by atoms with Crippen molar-refractivity contribution in [3.63, 3.8) is 0 Å². The zero-order valence-electron chi connectivity index (χ0n) is 18.2. The van der Waals surface area contributed by atoms with Gasteiger partial charge in [0.1, 0.15) is 18.0 Å². The lowest BCUT2D eigenvalue weighted by Gasteiger charge is -2.19. The van der Waals surface area contributed by atoms with Gasteiger partial charge in [-0.3, -0.25) is 4.98 Å². The summed E-state index contributed by atoms with van der Waals surface area (Å²) in [5.41, 5.74) is 3.89. The third kappa shape index (κ3) is 7.30. The SMILES string of the molecule is CC(C)(C)OC(=O)NCCOc1ccc(/C(=C\c2ccccc2)c2ccncc2)cc1. The fourth-order valence-corrected chi connectivity index (χ4v) is 2.95. The third-order valence-electron chi connectivity index (χ3n) is 4.31. The van der Waals surface area contributed by atoms with E-state index < -0.39 is 11.7 Å². The summed E-state index contributed by atoms with van der Waals surface area (Å²) >= 11 is 0. The summed E-state index contributed by atoms with van der Waals surface area (Å²) in [6.07, 6.45) is 5.31. The van der Waals surface area contributed by atoms with Crippen LogP contribution in [0.3, 0.4) is 0 Å². The zero-order valence-corrected chi connectivity index (χ0v) is 18.2. The molecule has 3 aromatic rings. The smallest absolute Gasteiger partial charge is 0.407 e. The Morgan fingerprint density at radius 3 is 2.23 bits per heavy atom. The van der Waals surface area contributed by atoms with Crippen LogP contribution in [0.2, 0.25) is 0 Å². The van der Waals surface area contributed by atoms with E-state index in [0.717, 1.165) is 28.0 Å². The molecule has 1 heterocycles. The first-order valence-electron chi connectivity index (χ1n) is 10.3. The third-order valence-corrected chi connectivity index (χ3v) is 4.31. The second kappa shape index (κ2) is 10.4. The van der Waals surface area contributed by atoms with Gasteiger partial charge in [0.25, 0.3) is 0 Å². The lowest BCUT2D eigenvalue weighted by Crippen LogP contribution is -2.34. The first-order valence-corrected chi connectivity index (χ1v) is 10.3. The topological polar surface area (TPSA) is 60.5 Å². The zero-order chi connectivity index (χ0) is 22.1. The molecule has 160 valence electrons. The summed E-state index contributed by atoms with van der Waals surface area (Å²) in [6.45, 7) is 6.22. The number of rotatable bonds is 7. The minimum atomic E-state index is -0.513. The highest BCUT2D eigenvalue weighted by Crippen LogP contribution is 2.27. The Kier molecular flexibility index (Phi) is 7.44. The van der Waals surface area contributed by atoms with E-state index >= 15 is 0 Å². The van der Waals surface area contributed by atoms with Gasteiger partial charge in [0, 0.05) is 12.4 Å². The van der Waals surface area contributed by atoms with Gasteiger partial charge in [-0.2, -0.15) is 0 Å². The predicted octanol–water partition coefficient (Wildman–Crippen LogP) is 5.57. The van der Waals surface area contributed by atoms with Crippen LogP contribution in [0.1, 0.15) is 37.5 Å². The molecular weight excluding hydrogens is 388 g/mol. The number of nitrogens with zero attached hydrogens (tertiary/aromatic N) is 1. The highest BCUT2D eigenvalue weighted by atomic mass is 16.6. The van der Waals surface area contributed by atoms with Crippen LogP contribution < -0.4 is 10.1 Å². The summed E-state index contributed by atoms with van der Waals surface area (Å²) in [5, 5.41) is 2.69. The van der Waals surface area contributed by atoms with E-state index in [9.17, 15) is 4.79 Å². The molecule has 31 heavy (non-hydrogen) atoms. The van der Waals surface area contributed by atoms with Gasteiger partial charge >= 0.3 is 6.09 Å². The van der Waals surface area contributed by atoms with Crippen molar-refractivity contribution in [2.24, 2.45) is 0 Å². The highest BCUT2D eigenvalue weighted by Gasteiger charge is 2.15. The summed E-state index contributed by atoms with van der Waals surface area (Å²) in [6, 6.07) is 22.2. The second-order valence-corrected chi connectivity index (χ2v) is 8.01. The van der Waals surface area contributed by atoms with Crippen LogP contribution in [0.4, 0.5) is 4.79 Å². The van der Waals surface area contributed by atoms with Crippen molar-refractivity contribution in [2.75, 3.05) is 13.2 Å². The lowest BCUT2D eigenvalue weighted by molar-refractivity contribution is 0.0520. The van der Waals surface area contributed by atoms with Crippen LogP contribution in [0.15, 0.2) is 79.1 Å². The van der Waals surface area contributed by atoms with Gasteiger partial charge in [-0.1, -0.05) is 42.5 Å². The predicted molar refractivity (Wildman–Crippen MR) is 124 cm³/mol. The van der Waals surface area contributed by atoms with Crippen molar-refractivity contribution >= 4 is 17.7 Å². The van der Waals surface area contributed by atoms with Crippen LogP contribution in [0, 0.1) is 0 Å². The van der Waals surface area contributed by atoms with Gasteiger partial charge < -0.3 is 14.8 Å². The molecule has 0 bridgehead atoms. The Bertz CT molecular complexity index is 992. The molecule has 5 nitrogen and oxygen atoms in total. The fourth-order valence-electron chi connectivity index (χ4n) is 2.95. The average molecular weight is 417 g/mol. The summed E-state index contributed by atoms with van der Waals surface area (Å²) in [5.74, 6) is 0.739. The van der Waals surface area contributed by atoms with E-state index in [-0.39, 0.29) is 0 Å². The Morgan fingerprint density at radius 2 is 1.58 bits per heavy atom. The second-order valence-electron chi connectivity index (χ2n) is 8.01. The molecule has 0 atom stereocenters. The van der Waals surface area contributed by atoms with E-state index in [2.05, 4.69) is 28.5 Å². The molecule has 3 rings (SSSR count). The van der Waals surface area contributed by atoms with E-state index in [0.29, 0.717) is 13.2 Å². The maximum Gasteiger partial charge on any atom is 0.407 e. The van der Waals surface area contributed by atoms with Gasteiger partial charge in [-0.25, -0.2) is 4.79 Å². The number of hydrogen-bond donors (Lipinski definition) is 1. The van der Waals surface area contributed by atoms with Gasteiger partial charge in [0.15, 0.2) is 0 Å². The highest BCUT2D eigenvalue weighted by molar-refractivity contribution is 5.91. The number of carbonyl (C=O) groups excluding carboxylic acids is 1. The van der Waals surface area contributed by atoms with Crippen LogP contribution in [-0.2, 0) is 4.74 Å². The number of benzene rings is 2. The molecule has 0 aliphatic heterocycles. The molecule has 0 unspecified atom stereocenters. The number of nitrogens with one attached hydrogen (secondary N) is 1. The number of ether oxygens (including phenoxy) is 2. The number of carbonyl (C=O) groups is 1. The summed E-state index contributed by atoms with van der Waals surface area (Å²) in [4.78, 5) is 15.8. The molecule has 2 aromatic carbocycles. The van der Waals surface area contributed by atoms with Crippen molar-refractivity contribution in [3.8, 4) is 5.75 Å². The number of pyridine rings is 1. The number of alkyl carbamates (subject to hydrolysis) is 1. The first-order chi connectivity index (χ1) is 14.9. The Labute approximate surface area is 183 Å². The normalized spacial score (nSPS) is 11.6. The molecular formula is C26H28N2O3. The number of amides is 1. The molecule has 5 heteroatoms. The molecule has 0 radical (unpaired) electrons. The minimum absolute atomic E-state index is 0.357. The molecule has 1 aromatic heterocycles. The first kappa shape index (κ1) is 22.1. The molecule has 0 aliphatic rings. The van der Waals surface area contributed by atoms with Crippen molar-refractivity contribution < 1.29 is 14.3 Å². The Hall–Kier alpha value is -3.60. The summed E-state index contributed by atoms with van der Waals surface area (Å²) in [7, 11) is 0. The van der Waals surface area contributed by atoms with Gasteiger partial charge in [0.05, 0.1) is 6.54 Å². The largest absolute Gasteiger partial charge is 0.492 e. The Morgan fingerprint density at radius 1 is 0.935 bits per heavy atom. The van der Waals surface area contributed by atoms with E-state index in [4.69, 9.17) is 9.47 Å². The summed E-state index contributed by atoms with van der Waals surface area (Å²) < 4.78 is 11.0. The lowest BCUT2D eigenvalue weighted by atomic mass is 9.96. The van der Waals surface area contributed by atoms with E-state index in [1.54, 1.807) is 12.4 Å². The van der Waals surface area contributed by atoms with Crippen LogP contribution in [-0.4, -0.2) is 29.8 Å². The minimum Gasteiger partial charge on any atom is -0.492 e. The molecule has 0 fully saturated rings. The van der Waals surface area contributed by atoms with Crippen molar-refractivity contribution in [3.05, 3.63) is 95.8 Å². The molecule has 0 saturated carbocycles. The molecule has 0 saturated heterocycles. The standard InChI is InChI=1S/C26H28N2O3/c1-26(2,3)31-25(29)28-17-18-30-23-11-9-21(10-12-23)24(22-13-15-27-16-14-22)19-20-7-5-4-6-8-20/h4-16,19H,17-18H2,1-3H3,(H,28,29)/b24-19+. The maximum absolute atomic E-state index is 11.7. The quantitative estimate of drug-likeness (QED) is 0.404. The molecule has 1 amide bonds. The Balaban J connectivity index is 1.65. The molecule has 1 N–H and O–H groups in total. The monoisotopic (exact) mass is 416 g/mol. The maximum atomic E-state index is 11.7. The van der Waals surface area contributed by atoms with E-state index in [1.807, 2.05) is 75.4 Å². The van der Waals surface area contributed by atoms with Crippen LogP contribution in [0.25, 0.3) is 11.6 Å². The molecule has 0 spiro atoms. The van der Waals surface area contributed by atoms with Gasteiger partial charge in [0.2, 0.25) is 0 Å². The molecule has 0 aliphatic carbocycles. The number of hydrogen-bond acceptors (Lipinski definition) is 4. The van der Waals surface area contributed by atoms with Crippen LogP contribution >= 0.6 is 0 Å². The average Bonchev–Trinajstić information content (AvgIpc) is 2.76. The van der Waals surface area contributed by atoms with E-state index in [1.165, 1.54) is 0 Å². The fraction of sp³-hybridized carbons (Fsp3) is 0.231. The van der Waals surface area contributed by atoms with Crippen LogP contribution in [0.5, 0.6) is 5.75 Å².